The summed E-state index contributed by atoms with van der Waals surface area (Å²) in [7, 11) is 4.64. The predicted octanol–water partition coefficient (Wildman–Crippen LogP) is 6.03. The molecular weight excluding hydrogens is 387 g/mol. The largest absolute Gasteiger partial charge is 0.658 e. The van der Waals surface area contributed by atoms with Gasteiger partial charge in [-0.25, -0.2) is 0 Å². The molecule has 0 aliphatic carbocycles. The average molecular weight is 409 g/mol. The molecule has 31 heavy (non-hydrogen) atoms. The van der Waals surface area contributed by atoms with E-state index in [-0.39, 0.29) is 0 Å². The Morgan fingerprint density at radius 2 is 0.935 bits per heavy atom. The Morgan fingerprint density at radius 1 is 0.516 bits per heavy atom. The third-order valence-corrected chi connectivity index (χ3v) is 4.88. The van der Waals surface area contributed by atoms with Crippen molar-refractivity contribution in [2.75, 3.05) is 14.2 Å². The highest BCUT2D eigenvalue weighted by molar-refractivity contribution is 6.20. The Kier molecular flexibility index (Phi) is 6.43. The van der Waals surface area contributed by atoms with Gasteiger partial charge in [-0.2, -0.15) is 0 Å². The summed E-state index contributed by atoms with van der Waals surface area (Å²) in [5, 5.41) is 0. The lowest BCUT2D eigenvalue weighted by molar-refractivity contribution is 0.413. The van der Waals surface area contributed by atoms with Gasteiger partial charge < -0.3 is 18.8 Å². The van der Waals surface area contributed by atoms with Gasteiger partial charge >= 0.3 is 7.69 Å². The van der Waals surface area contributed by atoms with Crippen LogP contribution in [0, 0.1) is 0 Å². The number of methoxy groups -OCH3 is 2. The van der Waals surface area contributed by atoms with Gasteiger partial charge in [0.25, 0.3) is 0 Å². The number of benzene rings is 4. The first kappa shape index (κ1) is 20.4. The maximum absolute atomic E-state index is 5.74. The Morgan fingerprint density at radius 3 is 1.32 bits per heavy atom. The predicted molar refractivity (Wildman–Crippen MR) is 124 cm³/mol. The van der Waals surface area contributed by atoms with Crippen molar-refractivity contribution in [2.24, 2.45) is 0 Å². The van der Waals surface area contributed by atoms with Crippen molar-refractivity contribution < 1.29 is 18.8 Å². The molecular formula is C26H22BO4. The molecule has 0 aromatic heterocycles. The zero-order valence-electron chi connectivity index (χ0n) is 17.4. The summed E-state index contributed by atoms with van der Waals surface area (Å²) >= 11 is 0. The summed E-state index contributed by atoms with van der Waals surface area (Å²) in [5.74, 6) is 2.86. The normalized spacial score (nSPS) is 10.3. The van der Waals surface area contributed by atoms with Gasteiger partial charge in [-0.3, -0.25) is 0 Å². The molecule has 0 atom stereocenters. The van der Waals surface area contributed by atoms with Gasteiger partial charge in [0.15, 0.2) is 0 Å². The molecule has 0 saturated carbocycles. The van der Waals surface area contributed by atoms with Crippen LogP contribution in [-0.2, 0) is 0 Å². The van der Waals surface area contributed by atoms with E-state index in [0.29, 0.717) is 11.5 Å². The summed E-state index contributed by atoms with van der Waals surface area (Å²) in [4.78, 5) is 0. The minimum atomic E-state index is 0.649. The molecule has 0 aliphatic rings. The lowest BCUT2D eigenvalue weighted by Crippen LogP contribution is -2.11. The zero-order chi connectivity index (χ0) is 21.5. The van der Waals surface area contributed by atoms with Crippen LogP contribution >= 0.6 is 0 Å². The molecule has 4 aromatic rings. The highest BCUT2D eigenvalue weighted by atomic mass is 16.6. The molecule has 1 radical (unpaired) electrons. The second-order valence-electron chi connectivity index (χ2n) is 6.79. The third kappa shape index (κ3) is 4.84. The molecule has 4 aromatic carbocycles. The van der Waals surface area contributed by atoms with Crippen molar-refractivity contribution in [1.29, 1.82) is 0 Å². The number of ether oxygens (including phenoxy) is 2. The highest BCUT2D eigenvalue weighted by Gasteiger charge is 2.11. The second kappa shape index (κ2) is 9.76. The van der Waals surface area contributed by atoms with Crippen molar-refractivity contribution in [3.8, 4) is 45.3 Å². The lowest BCUT2D eigenvalue weighted by Gasteiger charge is -2.13. The Labute approximate surface area is 183 Å². The summed E-state index contributed by atoms with van der Waals surface area (Å²) in [5.41, 5.74) is 4.00. The van der Waals surface area contributed by atoms with E-state index in [2.05, 4.69) is 0 Å². The van der Waals surface area contributed by atoms with Crippen LogP contribution < -0.4 is 18.8 Å². The van der Waals surface area contributed by atoms with E-state index in [4.69, 9.17) is 18.8 Å². The summed E-state index contributed by atoms with van der Waals surface area (Å²) in [6, 6.07) is 31.4. The molecule has 4 rings (SSSR count). The van der Waals surface area contributed by atoms with Gasteiger partial charge in [-0.15, -0.1) is 0 Å². The van der Waals surface area contributed by atoms with E-state index >= 15 is 0 Å². The molecule has 0 aliphatic heterocycles. The fourth-order valence-corrected chi connectivity index (χ4v) is 3.34. The van der Waals surface area contributed by atoms with Crippen molar-refractivity contribution in [3.05, 3.63) is 97.1 Å². The first-order valence-electron chi connectivity index (χ1n) is 9.90. The molecule has 0 amide bonds. The summed E-state index contributed by atoms with van der Waals surface area (Å²) in [6.45, 7) is 0. The fourth-order valence-electron chi connectivity index (χ4n) is 3.34. The van der Waals surface area contributed by atoms with E-state index in [1.165, 1.54) is 7.69 Å². The van der Waals surface area contributed by atoms with Gasteiger partial charge in [-0.05, 0) is 47.5 Å². The van der Waals surface area contributed by atoms with Crippen LogP contribution in [-0.4, -0.2) is 21.9 Å². The SMILES string of the molecule is COc1ccc(O[B]Oc2ccc(OC)c(-c3ccccc3)c2)cc1-c1ccccc1. The van der Waals surface area contributed by atoms with Gasteiger partial charge in [0, 0.05) is 11.1 Å². The first-order valence-corrected chi connectivity index (χ1v) is 9.90. The number of hydrogen-bond acceptors (Lipinski definition) is 4. The van der Waals surface area contributed by atoms with Crippen molar-refractivity contribution >= 4 is 7.69 Å². The summed E-state index contributed by atoms with van der Waals surface area (Å²) < 4.78 is 22.5. The Hall–Kier alpha value is -3.86. The minimum absolute atomic E-state index is 0.649. The zero-order valence-corrected chi connectivity index (χ0v) is 17.4. The molecule has 0 spiro atoms. The van der Waals surface area contributed by atoms with Gasteiger partial charge in [0.1, 0.15) is 23.0 Å². The minimum Gasteiger partial charge on any atom is -0.526 e. The van der Waals surface area contributed by atoms with Crippen LogP contribution in [0.3, 0.4) is 0 Å². The van der Waals surface area contributed by atoms with Gasteiger partial charge in [0.05, 0.1) is 14.2 Å². The Bertz CT molecular complexity index is 1040. The van der Waals surface area contributed by atoms with Gasteiger partial charge in [0.2, 0.25) is 0 Å². The molecule has 153 valence electrons. The molecule has 0 fully saturated rings. The summed E-state index contributed by atoms with van der Waals surface area (Å²) in [6.07, 6.45) is 0. The highest BCUT2D eigenvalue weighted by Crippen LogP contribution is 2.34. The van der Waals surface area contributed by atoms with E-state index in [9.17, 15) is 0 Å². The number of rotatable bonds is 8. The number of hydrogen-bond donors (Lipinski definition) is 0. The monoisotopic (exact) mass is 409 g/mol. The maximum atomic E-state index is 5.74. The van der Waals surface area contributed by atoms with Crippen LogP contribution in [0.25, 0.3) is 22.3 Å². The maximum Gasteiger partial charge on any atom is 0.658 e. The van der Waals surface area contributed by atoms with E-state index in [1.807, 2.05) is 97.1 Å². The van der Waals surface area contributed by atoms with E-state index < -0.39 is 0 Å². The quantitative estimate of drug-likeness (QED) is 0.333. The fraction of sp³-hybridized carbons (Fsp3) is 0.0769. The van der Waals surface area contributed by atoms with Crippen LogP contribution in [0.1, 0.15) is 0 Å². The second-order valence-corrected chi connectivity index (χ2v) is 6.79. The van der Waals surface area contributed by atoms with Crippen LogP contribution in [0.2, 0.25) is 0 Å². The average Bonchev–Trinajstić information content (AvgIpc) is 2.85. The topological polar surface area (TPSA) is 36.9 Å². The molecule has 0 bridgehead atoms. The van der Waals surface area contributed by atoms with Gasteiger partial charge in [-0.1, -0.05) is 60.7 Å². The molecule has 0 unspecified atom stereocenters. The molecule has 0 heterocycles. The smallest absolute Gasteiger partial charge is 0.526 e. The molecule has 5 heteroatoms. The van der Waals surface area contributed by atoms with Crippen LogP contribution in [0.4, 0.5) is 0 Å². The van der Waals surface area contributed by atoms with Crippen LogP contribution in [0.15, 0.2) is 97.1 Å². The van der Waals surface area contributed by atoms with Crippen molar-refractivity contribution in [3.63, 3.8) is 0 Å². The standard InChI is InChI=1S/C26H22BO4/c1-28-25-15-13-21(17-23(25)19-9-5-3-6-10-19)30-27-31-22-14-16-26(29-2)24(18-22)20-11-7-4-8-12-20/h3-18H,1-2H3. The van der Waals surface area contributed by atoms with E-state index in [1.54, 1.807) is 14.2 Å². The lowest BCUT2D eigenvalue weighted by atomic mass is 10.0. The molecule has 0 saturated heterocycles. The van der Waals surface area contributed by atoms with Crippen LogP contribution in [0.5, 0.6) is 23.0 Å². The molecule has 0 N–H and O–H groups in total. The first-order chi connectivity index (χ1) is 15.3. The molecule has 4 nitrogen and oxygen atoms in total. The Balaban J connectivity index is 1.49. The third-order valence-electron chi connectivity index (χ3n) is 4.88. The van der Waals surface area contributed by atoms with E-state index in [0.717, 1.165) is 33.8 Å². The van der Waals surface area contributed by atoms with Crippen molar-refractivity contribution in [2.45, 2.75) is 0 Å². The van der Waals surface area contributed by atoms with Crippen molar-refractivity contribution in [1.82, 2.24) is 0 Å².